The molecule has 1 aromatic rings. The average molecular weight is 357 g/mol. The maximum atomic E-state index is 11.9. The van der Waals surface area contributed by atoms with E-state index in [1.165, 1.54) is 6.42 Å². The van der Waals surface area contributed by atoms with Crippen molar-refractivity contribution in [2.45, 2.75) is 52.2 Å². The van der Waals surface area contributed by atoms with E-state index in [4.69, 9.17) is 4.74 Å². The van der Waals surface area contributed by atoms with Crippen molar-refractivity contribution in [2.24, 2.45) is 16.7 Å². The molecule has 0 saturated heterocycles. The van der Waals surface area contributed by atoms with Gasteiger partial charge in [-0.3, -0.25) is 4.68 Å². The average Bonchev–Trinajstić information content (AvgIpc) is 3.03. The van der Waals surface area contributed by atoms with E-state index in [9.17, 15) is 5.11 Å². The molecule has 0 radical (unpaired) electrons. The number of fused-ring (bicyclic) bond motifs is 2. The Morgan fingerprint density at radius 1 is 1.48 bits per heavy atom. The number of aliphatic hydroxyl groups is 1. The second-order valence-corrected chi connectivity index (χ2v) is 8.34. The number of aromatic nitrogens is 2. The predicted molar refractivity (Wildman–Crippen MR) is 84.9 cm³/mol. The van der Waals surface area contributed by atoms with E-state index in [2.05, 4.69) is 41.8 Å². The second-order valence-electron chi connectivity index (χ2n) is 7.49. The molecule has 1 aromatic heterocycles. The Hall–Kier alpha value is -0.390. The van der Waals surface area contributed by atoms with Crippen LogP contribution in [0.2, 0.25) is 0 Å². The molecule has 2 bridgehead atoms. The number of nitrogens with zero attached hydrogens (tertiary/aromatic N) is 2. The highest BCUT2D eigenvalue weighted by atomic mass is 79.9. The van der Waals surface area contributed by atoms with E-state index in [1.54, 1.807) is 13.3 Å². The van der Waals surface area contributed by atoms with Crippen LogP contribution < -0.4 is 0 Å². The molecule has 2 saturated carbocycles. The first-order valence-corrected chi connectivity index (χ1v) is 8.50. The zero-order chi connectivity index (χ0) is 15.5. The summed E-state index contributed by atoms with van der Waals surface area (Å²) in [6, 6.07) is 0. The molecule has 0 spiro atoms. The Labute approximate surface area is 135 Å². The summed E-state index contributed by atoms with van der Waals surface area (Å²) in [5, 5.41) is 16.3. The van der Waals surface area contributed by atoms with Crippen molar-refractivity contribution in [2.75, 3.05) is 13.7 Å². The third-order valence-corrected chi connectivity index (χ3v) is 6.79. The third-order valence-electron chi connectivity index (χ3n) is 6.21. The van der Waals surface area contributed by atoms with E-state index in [-0.39, 0.29) is 10.8 Å². The SMILES string of the molecule is COCCn1ncc(Br)c1C1(O)C2(C)CCC(C2)C1(C)C. The number of ether oxygens (including phenoxy) is 1. The minimum Gasteiger partial charge on any atom is -0.383 e. The van der Waals surface area contributed by atoms with E-state index in [1.807, 2.05) is 4.68 Å². The smallest absolute Gasteiger partial charge is 0.118 e. The van der Waals surface area contributed by atoms with Gasteiger partial charge in [0.1, 0.15) is 5.60 Å². The van der Waals surface area contributed by atoms with Crippen molar-refractivity contribution in [3.05, 3.63) is 16.4 Å². The highest BCUT2D eigenvalue weighted by Crippen LogP contribution is 2.72. The van der Waals surface area contributed by atoms with Gasteiger partial charge in [0.2, 0.25) is 0 Å². The maximum Gasteiger partial charge on any atom is 0.118 e. The van der Waals surface area contributed by atoms with E-state index in [0.29, 0.717) is 19.1 Å². The largest absolute Gasteiger partial charge is 0.383 e. The number of rotatable bonds is 4. The van der Waals surface area contributed by atoms with Gasteiger partial charge in [0.05, 0.1) is 29.5 Å². The van der Waals surface area contributed by atoms with Crippen LogP contribution in [0.15, 0.2) is 10.7 Å². The van der Waals surface area contributed by atoms with E-state index in [0.717, 1.165) is 23.0 Å². The lowest BCUT2D eigenvalue weighted by molar-refractivity contribution is -0.156. The molecule has 3 atom stereocenters. The van der Waals surface area contributed by atoms with Gasteiger partial charge in [-0.05, 0) is 41.1 Å². The van der Waals surface area contributed by atoms with Gasteiger partial charge < -0.3 is 9.84 Å². The molecular formula is C16H25BrN2O2. The lowest BCUT2D eigenvalue weighted by Gasteiger charge is -2.50. The molecule has 118 valence electrons. The first-order valence-electron chi connectivity index (χ1n) is 7.71. The predicted octanol–water partition coefficient (Wildman–Crippen LogP) is 3.33. The van der Waals surface area contributed by atoms with Crippen molar-refractivity contribution in [1.29, 1.82) is 0 Å². The summed E-state index contributed by atoms with van der Waals surface area (Å²) in [6.07, 6.45) is 5.20. The number of halogens is 1. The van der Waals surface area contributed by atoms with Gasteiger partial charge in [-0.2, -0.15) is 5.10 Å². The Balaban J connectivity index is 2.12. The minimum absolute atomic E-state index is 0.0749. The molecule has 2 aliphatic carbocycles. The molecule has 3 unspecified atom stereocenters. The number of hydrogen-bond donors (Lipinski definition) is 1. The zero-order valence-corrected chi connectivity index (χ0v) is 14.9. The first kappa shape index (κ1) is 15.5. The summed E-state index contributed by atoms with van der Waals surface area (Å²) >= 11 is 3.62. The van der Waals surface area contributed by atoms with Gasteiger partial charge in [0, 0.05) is 17.9 Å². The fourth-order valence-corrected chi connectivity index (χ4v) is 5.50. The third kappa shape index (κ3) is 1.83. The number of hydrogen-bond acceptors (Lipinski definition) is 3. The molecule has 2 aliphatic rings. The van der Waals surface area contributed by atoms with Crippen molar-refractivity contribution in [3.8, 4) is 0 Å². The Morgan fingerprint density at radius 3 is 2.76 bits per heavy atom. The standard InChI is InChI=1S/C16H25BrN2O2/c1-14(2)11-5-6-15(3,9-11)16(14,20)13-12(17)10-18-19(13)7-8-21-4/h10-11,20H,5-9H2,1-4H3. The molecule has 3 rings (SSSR count). The molecular weight excluding hydrogens is 332 g/mol. The molecule has 1 N–H and O–H groups in total. The molecule has 5 heteroatoms. The van der Waals surface area contributed by atoms with Crippen molar-refractivity contribution >= 4 is 15.9 Å². The van der Waals surface area contributed by atoms with Crippen LogP contribution >= 0.6 is 15.9 Å². The summed E-state index contributed by atoms with van der Waals surface area (Å²) in [5.41, 5.74) is -0.150. The Kier molecular flexibility index (Phi) is 3.54. The van der Waals surface area contributed by atoms with Crippen molar-refractivity contribution < 1.29 is 9.84 Å². The van der Waals surface area contributed by atoms with Crippen LogP contribution in [0.5, 0.6) is 0 Å². The molecule has 4 nitrogen and oxygen atoms in total. The highest BCUT2D eigenvalue weighted by Gasteiger charge is 2.70. The first-order chi connectivity index (χ1) is 9.78. The van der Waals surface area contributed by atoms with Gasteiger partial charge in [-0.25, -0.2) is 0 Å². The van der Waals surface area contributed by atoms with E-state index < -0.39 is 5.60 Å². The van der Waals surface area contributed by atoms with Gasteiger partial charge >= 0.3 is 0 Å². The summed E-state index contributed by atoms with van der Waals surface area (Å²) in [4.78, 5) is 0. The van der Waals surface area contributed by atoms with Crippen LogP contribution in [0.1, 0.15) is 45.7 Å². The molecule has 2 fully saturated rings. The van der Waals surface area contributed by atoms with Gasteiger partial charge in [-0.15, -0.1) is 0 Å². The fraction of sp³-hybridized carbons (Fsp3) is 0.812. The summed E-state index contributed by atoms with van der Waals surface area (Å²) in [7, 11) is 1.69. The Bertz CT molecular complexity index is 550. The van der Waals surface area contributed by atoms with Crippen LogP contribution in [-0.2, 0) is 16.9 Å². The molecule has 0 aliphatic heterocycles. The van der Waals surface area contributed by atoms with Crippen LogP contribution in [0.25, 0.3) is 0 Å². The second kappa shape index (κ2) is 4.80. The van der Waals surface area contributed by atoms with Gasteiger partial charge in [0.15, 0.2) is 0 Å². The molecule has 0 aromatic carbocycles. The Morgan fingerprint density at radius 2 is 2.19 bits per heavy atom. The minimum atomic E-state index is -0.855. The van der Waals surface area contributed by atoms with Gasteiger partial charge in [0.25, 0.3) is 0 Å². The highest BCUT2D eigenvalue weighted by molar-refractivity contribution is 9.10. The van der Waals surface area contributed by atoms with Gasteiger partial charge in [-0.1, -0.05) is 20.8 Å². The number of methoxy groups -OCH3 is 1. The van der Waals surface area contributed by atoms with Crippen LogP contribution in [0.3, 0.4) is 0 Å². The summed E-state index contributed by atoms with van der Waals surface area (Å²) in [5.74, 6) is 0.574. The summed E-state index contributed by atoms with van der Waals surface area (Å²) in [6.45, 7) is 7.92. The molecule has 0 amide bonds. The zero-order valence-electron chi connectivity index (χ0n) is 13.3. The maximum absolute atomic E-state index is 11.9. The van der Waals surface area contributed by atoms with Crippen molar-refractivity contribution in [3.63, 3.8) is 0 Å². The van der Waals surface area contributed by atoms with Crippen LogP contribution in [0, 0.1) is 16.7 Å². The topological polar surface area (TPSA) is 47.3 Å². The van der Waals surface area contributed by atoms with Crippen LogP contribution in [0.4, 0.5) is 0 Å². The normalized spacial score (nSPS) is 37.3. The fourth-order valence-electron chi connectivity index (χ4n) is 4.92. The van der Waals surface area contributed by atoms with Crippen LogP contribution in [-0.4, -0.2) is 28.6 Å². The molecule has 1 heterocycles. The lowest BCUT2D eigenvalue weighted by atomic mass is 9.59. The monoisotopic (exact) mass is 356 g/mol. The lowest BCUT2D eigenvalue weighted by Crippen LogP contribution is -2.52. The van der Waals surface area contributed by atoms with Crippen molar-refractivity contribution in [1.82, 2.24) is 9.78 Å². The molecule has 21 heavy (non-hydrogen) atoms. The quantitative estimate of drug-likeness (QED) is 0.899. The summed E-state index contributed by atoms with van der Waals surface area (Å²) < 4.78 is 8.01. The van der Waals surface area contributed by atoms with E-state index >= 15 is 0 Å².